The molecule has 0 bridgehead atoms. The second kappa shape index (κ2) is 6.88. The van der Waals surface area contributed by atoms with Crippen LogP contribution in [0.1, 0.15) is 58.8 Å². The number of nitrogens with one attached hydrogen (secondary N) is 1. The first kappa shape index (κ1) is 14.3. The highest BCUT2D eigenvalue weighted by molar-refractivity contribution is 4.88. The number of hydrogen-bond donors (Lipinski definition) is 1. The topological polar surface area (TPSA) is 30.5 Å². The summed E-state index contributed by atoms with van der Waals surface area (Å²) >= 11 is 0. The van der Waals surface area contributed by atoms with Crippen molar-refractivity contribution in [3.8, 4) is 0 Å². The van der Waals surface area contributed by atoms with Crippen molar-refractivity contribution in [2.45, 2.75) is 76.5 Å². The summed E-state index contributed by atoms with van der Waals surface area (Å²) in [6.45, 7) is 7.48. The molecule has 0 aromatic rings. The van der Waals surface area contributed by atoms with E-state index in [4.69, 9.17) is 9.47 Å². The minimum atomic E-state index is 0.139. The van der Waals surface area contributed by atoms with Crippen molar-refractivity contribution in [2.75, 3.05) is 19.8 Å². The van der Waals surface area contributed by atoms with Crippen LogP contribution in [0.25, 0.3) is 0 Å². The summed E-state index contributed by atoms with van der Waals surface area (Å²) in [6.07, 6.45) is 8.78. The monoisotopic (exact) mass is 255 g/mol. The zero-order chi connectivity index (χ0) is 12.8. The summed E-state index contributed by atoms with van der Waals surface area (Å²) in [5, 5.41) is 3.71. The van der Waals surface area contributed by atoms with E-state index in [2.05, 4.69) is 19.2 Å². The molecule has 1 N–H and O–H groups in total. The Bertz CT molecular complexity index is 235. The van der Waals surface area contributed by atoms with Gasteiger partial charge in [0.2, 0.25) is 0 Å². The summed E-state index contributed by atoms with van der Waals surface area (Å²) in [7, 11) is 0. The van der Waals surface area contributed by atoms with Crippen LogP contribution in [0, 0.1) is 0 Å². The van der Waals surface area contributed by atoms with Gasteiger partial charge in [0, 0.05) is 19.3 Å². The molecule has 2 rings (SSSR count). The maximum atomic E-state index is 6.01. The molecule has 106 valence electrons. The second-order valence-electron chi connectivity index (χ2n) is 5.81. The molecule has 0 saturated carbocycles. The van der Waals surface area contributed by atoms with Gasteiger partial charge in [-0.1, -0.05) is 13.8 Å². The Kier molecular flexibility index (Phi) is 5.46. The predicted octanol–water partition coefficient (Wildman–Crippen LogP) is 2.88. The van der Waals surface area contributed by atoms with Gasteiger partial charge >= 0.3 is 0 Å². The Morgan fingerprint density at radius 3 is 2.67 bits per heavy atom. The molecule has 2 heterocycles. The van der Waals surface area contributed by atoms with Gasteiger partial charge in [0.05, 0.1) is 11.7 Å². The van der Waals surface area contributed by atoms with E-state index in [1.165, 1.54) is 25.7 Å². The van der Waals surface area contributed by atoms with Gasteiger partial charge in [0.1, 0.15) is 0 Å². The second-order valence-corrected chi connectivity index (χ2v) is 5.81. The molecule has 2 unspecified atom stereocenters. The lowest BCUT2D eigenvalue weighted by Gasteiger charge is -2.40. The molecule has 0 radical (unpaired) electrons. The summed E-state index contributed by atoms with van der Waals surface area (Å²) in [5.74, 6) is 0. The smallest absolute Gasteiger partial charge is 0.0692 e. The Morgan fingerprint density at radius 2 is 2.00 bits per heavy atom. The molecule has 0 aromatic carbocycles. The van der Waals surface area contributed by atoms with Gasteiger partial charge in [-0.2, -0.15) is 0 Å². The van der Waals surface area contributed by atoms with Crippen molar-refractivity contribution in [2.24, 2.45) is 0 Å². The van der Waals surface area contributed by atoms with Gasteiger partial charge < -0.3 is 14.8 Å². The zero-order valence-corrected chi connectivity index (χ0v) is 12.0. The normalized spacial score (nSPS) is 31.7. The molecule has 3 heteroatoms. The predicted molar refractivity (Wildman–Crippen MR) is 73.9 cm³/mol. The van der Waals surface area contributed by atoms with Gasteiger partial charge in [0.25, 0.3) is 0 Å². The molecular weight excluding hydrogens is 226 g/mol. The molecule has 3 nitrogen and oxygen atoms in total. The number of ether oxygens (including phenoxy) is 2. The van der Waals surface area contributed by atoms with Crippen LogP contribution < -0.4 is 5.32 Å². The summed E-state index contributed by atoms with van der Waals surface area (Å²) in [5.41, 5.74) is 0.139. The van der Waals surface area contributed by atoms with Gasteiger partial charge in [0.15, 0.2) is 0 Å². The third-order valence-electron chi connectivity index (χ3n) is 4.70. The molecule has 0 aromatic heterocycles. The third kappa shape index (κ3) is 3.69. The Morgan fingerprint density at radius 1 is 1.17 bits per heavy atom. The molecule has 2 atom stereocenters. The Hall–Kier alpha value is -0.120. The summed E-state index contributed by atoms with van der Waals surface area (Å²) in [4.78, 5) is 0. The lowest BCUT2D eigenvalue weighted by atomic mass is 9.86. The summed E-state index contributed by atoms with van der Waals surface area (Å²) in [6, 6.07) is 0.639. The maximum Gasteiger partial charge on any atom is 0.0692 e. The van der Waals surface area contributed by atoms with Crippen LogP contribution in [0.15, 0.2) is 0 Å². The van der Waals surface area contributed by atoms with Crippen molar-refractivity contribution < 1.29 is 9.47 Å². The molecular formula is C15H29NO2. The van der Waals surface area contributed by atoms with Crippen LogP contribution in [-0.4, -0.2) is 37.5 Å². The lowest BCUT2D eigenvalue weighted by molar-refractivity contribution is -0.0931. The van der Waals surface area contributed by atoms with Gasteiger partial charge in [-0.05, 0) is 51.5 Å². The first-order valence-electron chi connectivity index (χ1n) is 7.77. The Labute approximate surface area is 112 Å². The molecule has 2 aliphatic rings. The average molecular weight is 255 g/mol. The van der Waals surface area contributed by atoms with Crippen molar-refractivity contribution in [1.29, 1.82) is 0 Å². The fourth-order valence-electron chi connectivity index (χ4n) is 3.27. The summed E-state index contributed by atoms with van der Waals surface area (Å²) < 4.78 is 11.7. The Balaban J connectivity index is 1.68. The molecule has 18 heavy (non-hydrogen) atoms. The van der Waals surface area contributed by atoms with E-state index in [0.717, 1.165) is 39.0 Å². The van der Waals surface area contributed by atoms with Crippen LogP contribution in [0.4, 0.5) is 0 Å². The average Bonchev–Trinajstić information content (AvgIpc) is 2.92. The lowest BCUT2D eigenvalue weighted by Crippen LogP contribution is -2.46. The molecule has 2 saturated heterocycles. The van der Waals surface area contributed by atoms with Crippen LogP contribution in [0.5, 0.6) is 0 Å². The molecule has 0 spiro atoms. The van der Waals surface area contributed by atoms with Crippen molar-refractivity contribution >= 4 is 0 Å². The SMILES string of the molecule is CCC1(CC)CC(NCCC2CCCO2)CCO1. The van der Waals surface area contributed by atoms with E-state index in [1.807, 2.05) is 0 Å². The van der Waals surface area contributed by atoms with Crippen molar-refractivity contribution in [3.63, 3.8) is 0 Å². The quantitative estimate of drug-likeness (QED) is 0.791. The number of hydrogen-bond acceptors (Lipinski definition) is 3. The third-order valence-corrected chi connectivity index (χ3v) is 4.70. The number of rotatable bonds is 6. The van der Waals surface area contributed by atoms with E-state index in [0.29, 0.717) is 12.1 Å². The highest BCUT2D eigenvalue weighted by Gasteiger charge is 2.34. The van der Waals surface area contributed by atoms with Gasteiger partial charge in [-0.3, -0.25) is 0 Å². The standard InChI is InChI=1S/C15H29NO2/c1-3-15(4-2)12-13(8-11-18-15)16-9-7-14-6-5-10-17-14/h13-14,16H,3-12H2,1-2H3. The first-order valence-corrected chi connectivity index (χ1v) is 7.77. The molecule has 2 aliphatic heterocycles. The zero-order valence-electron chi connectivity index (χ0n) is 12.0. The van der Waals surface area contributed by atoms with Crippen LogP contribution in [0.2, 0.25) is 0 Å². The fraction of sp³-hybridized carbons (Fsp3) is 1.00. The van der Waals surface area contributed by atoms with Gasteiger partial charge in [-0.25, -0.2) is 0 Å². The molecule has 2 fully saturated rings. The minimum Gasteiger partial charge on any atom is -0.378 e. The first-order chi connectivity index (χ1) is 8.78. The van der Waals surface area contributed by atoms with Crippen LogP contribution in [-0.2, 0) is 9.47 Å². The minimum absolute atomic E-state index is 0.139. The molecule has 0 aliphatic carbocycles. The van der Waals surface area contributed by atoms with Crippen molar-refractivity contribution in [1.82, 2.24) is 5.32 Å². The maximum absolute atomic E-state index is 6.01. The highest BCUT2D eigenvalue weighted by Crippen LogP contribution is 2.31. The van der Waals surface area contributed by atoms with Gasteiger partial charge in [-0.15, -0.1) is 0 Å². The van der Waals surface area contributed by atoms with Crippen LogP contribution in [0.3, 0.4) is 0 Å². The van der Waals surface area contributed by atoms with E-state index < -0.39 is 0 Å². The largest absolute Gasteiger partial charge is 0.378 e. The molecule has 0 amide bonds. The van der Waals surface area contributed by atoms with E-state index in [-0.39, 0.29) is 5.60 Å². The fourth-order valence-corrected chi connectivity index (χ4v) is 3.27. The van der Waals surface area contributed by atoms with E-state index >= 15 is 0 Å². The van der Waals surface area contributed by atoms with E-state index in [9.17, 15) is 0 Å². The van der Waals surface area contributed by atoms with Crippen molar-refractivity contribution in [3.05, 3.63) is 0 Å². The highest BCUT2D eigenvalue weighted by atomic mass is 16.5. The van der Waals surface area contributed by atoms with E-state index in [1.54, 1.807) is 0 Å². The van der Waals surface area contributed by atoms with Crippen LogP contribution >= 0.6 is 0 Å².